The van der Waals surface area contributed by atoms with Crippen molar-refractivity contribution in [2.75, 3.05) is 25.4 Å². The summed E-state index contributed by atoms with van der Waals surface area (Å²) in [6.07, 6.45) is 1.57. The lowest BCUT2D eigenvalue weighted by Crippen LogP contribution is -2.41. The van der Waals surface area contributed by atoms with Crippen LogP contribution < -0.4 is 0 Å². The summed E-state index contributed by atoms with van der Waals surface area (Å²) < 4.78 is 0. The standard InChI is InChI=1S/C14H16N2O2S/c1-11-10-16(6-8-19-11)14(18)13-5-4-12(9-15-13)3-2-7-17/h4-5,9,11,17H,6-8,10H2,1H3. The van der Waals surface area contributed by atoms with Crippen molar-refractivity contribution in [3.8, 4) is 11.8 Å². The lowest BCUT2D eigenvalue weighted by atomic mass is 10.2. The molecule has 100 valence electrons. The second kappa shape index (κ2) is 6.60. The third-order valence-corrected chi connectivity index (χ3v) is 3.96. The number of aliphatic hydroxyl groups excluding tert-OH is 1. The van der Waals surface area contributed by atoms with E-state index in [4.69, 9.17) is 5.11 Å². The van der Waals surface area contributed by atoms with Crippen LogP contribution in [0.4, 0.5) is 0 Å². The van der Waals surface area contributed by atoms with Crippen LogP contribution in [0.5, 0.6) is 0 Å². The van der Waals surface area contributed by atoms with Gasteiger partial charge >= 0.3 is 0 Å². The summed E-state index contributed by atoms with van der Waals surface area (Å²) in [6, 6.07) is 3.45. The summed E-state index contributed by atoms with van der Waals surface area (Å²) in [5, 5.41) is 9.09. The quantitative estimate of drug-likeness (QED) is 0.778. The molecule has 0 aliphatic carbocycles. The van der Waals surface area contributed by atoms with Gasteiger partial charge in [-0.25, -0.2) is 4.98 Å². The minimum atomic E-state index is -0.177. The number of carbonyl (C=O) groups excluding carboxylic acids is 1. The molecule has 2 heterocycles. The smallest absolute Gasteiger partial charge is 0.272 e. The van der Waals surface area contributed by atoms with Gasteiger partial charge in [-0.3, -0.25) is 4.79 Å². The fraction of sp³-hybridized carbons (Fsp3) is 0.429. The second-order valence-corrected chi connectivity index (χ2v) is 5.87. The van der Waals surface area contributed by atoms with Crippen molar-refractivity contribution in [1.29, 1.82) is 0 Å². The van der Waals surface area contributed by atoms with Crippen LogP contribution in [0, 0.1) is 11.8 Å². The van der Waals surface area contributed by atoms with Crippen molar-refractivity contribution >= 4 is 17.7 Å². The third-order valence-electron chi connectivity index (χ3n) is 2.82. The molecule has 1 aromatic rings. The number of amides is 1. The molecule has 0 bridgehead atoms. The van der Waals surface area contributed by atoms with Crippen LogP contribution in [0.15, 0.2) is 18.3 Å². The summed E-state index contributed by atoms with van der Waals surface area (Å²) in [6.45, 7) is 3.51. The average Bonchev–Trinajstić information content (AvgIpc) is 2.45. The summed E-state index contributed by atoms with van der Waals surface area (Å²) in [5.41, 5.74) is 1.15. The predicted molar refractivity (Wildman–Crippen MR) is 76.0 cm³/mol. The first-order valence-electron chi connectivity index (χ1n) is 6.17. The van der Waals surface area contributed by atoms with Crippen molar-refractivity contribution in [3.63, 3.8) is 0 Å². The Morgan fingerprint density at radius 1 is 1.63 bits per heavy atom. The first-order chi connectivity index (χ1) is 9.20. The van der Waals surface area contributed by atoms with Gasteiger partial charge in [0.2, 0.25) is 0 Å². The molecule has 0 spiro atoms. The number of hydrogen-bond donors (Lipinski definition) is 1. The Balaban J connectivity index is 2.07. The largest absolute Gasteiger partial charge is 0.384 e. The van der Waals surface area contributed by atoms with Crippen molar-refractivity contribution in [3.05, 3.63) is 29.6 Å². The van der Waals surface area contributed by atoms with E-state index in [9.17, 15) is 4.79 Å². The molecule has 1 aliphatic rings. The van der Waals surface area contributed by atoms with Crippen molar-refractivity contribution < 1.29 is 9.90 Å². The fourth-order valence-corrected chi connectivity index (χ4v) is 2.91. The highest BCUT2D eigenvalue weighted by atomic mass is 32.2. The van der Waals surface area contributed by atoms with E-state index in [1.807, 2.05) is 16.7 Å². The highest BCUT2D eigenvalue weighted by molar-refractivity contribution is 7.99. The van der Waals surface area contributed by atoms with Gasteiger partial charge < -0.3 is 10.0 Å². The number of rotatable bonds is 1. The Labute approximate surface area is 117 Å². The predicted octanol–water partition coefficient (Wildman–Crippen LogP) is 1.00. The van der Waals surface area contributed by atoms with E-state index in [0.717, 1.165) is 18.8 Å². The van der Waals surface area contributed by atoms with Crippen LogP contribution in [0.3, 0.4) is 0 Å². The maximum Gasteiger partial charge on any atom is 0.272 e. The van der Waals surface area contributed by atoms with Gasteiger partial charge in [0.1, 0.15) is 12.3 Å². The maximum absolute atomic E-state index is 12.2. The summed E-state index contributed by atoms with van der Waals surface area (Å²) >= 11 is 1.89. The molecule has 1 unspecified atom stereocenters. The van der Waals surface area contributed by atoms with Gasteiger partial charge in [-0.2, -0.15) is 11.8 Å². The number of hydrogen-bond acceptors (Lipinski definition) is 4. The molecule has 0 aromatic carbocycles. The molecule has 5 heteroatoms. The molecule has 1 aromatic heterocycles. The van der Waals surface area contributed by atoms with E-state index in [1.165, 1.54) is 0 Å². The topological polar surface area (TPSA) is 53.4 Å². The van der Waals surface area contributed by atoms with Crippen LogP contribution in [-0.2, 0) is 0 Å². The lowest BCUT2D eigenvalue weighted by molar-refractivity contribution is 0.0757. The van der Waals surface area contributed by atoms with Crippen molar-refractivity contribution in [2.45, 2.75) is 12.2 Å². The van der Waals surface area contributed by atoms with Gasteiger partial charge in [0.25, 0.3) is 5.91 Å². The molecule has 4 nitrogen and oxygen atoms in total. The molecule has 1 saturated heterocycles. The van der Waals surface area contributed by atoms with Crippen LogP contribution >= 0.6 is 11.8 Å². The fourth-order valence-electron chi connectivity index (χ4n) is 1.90. The van der Waals surface area contributed by atoms with Gasteiger partial charge in [-0.1, -0.05) is 18.8 Å². The highest BCUT2D eigenvalue weighted by Gasteiger charge is 2.22. The summed E-state index contributed by atoms with van der Waals surface area (Å²) in [4.78, 5) is 18.2. The zero-order chi connectivity index (χ0) is 13.7. The molecule has 19 heavy (non-hydrogen) atoms. The molecule has 0 saturated carbocycles. The van der Waals surface area contributed by atoms with Gasteiger partial charge in [0.15, 0.2) is 0 Å². The molecule has 1 amide bonds. The van der Waals surface area contributed by atoms with Crippen molar-refractivity contribution in [1.82, 2.24) is 9.88 Å². The molecular weight excluding hydrogens is 260 g/mol. The normalized spacial score (nSPS) is 18.6. The first-order valence-corrected chi connectivity index (χ1v) is 7.22. The Hall–Kier alpha value is -1.51. The Morgan fingerprint density at radius 2 is 2.47 bits per heavy atom. The molecule has 1 N–H and O–H groups in total. The number of pyridine rings is 1. The Bertz CT molecular complexity index is 504. The van der Waals surface area contributed by atoms with E-state index >= 15 is 0 Å². The number of nitrogens with zero attached hydrogens (tertiary/aromatic N) is 2. The number of aromatic nitrogens is 1. The van der Waals surface area contributed by atoms with Crippen LogP contribution in [0.2, 0.25) is 0 Å². The van der Waals surface area contributed by atoms with Crippen LogP contribution in [0.1, 0.15) is 23.0 Å². The first kappa shape index (κ1) is 13.9. The van der Waals surface area contributed by atoms with Gasteiger partial charge in [0.05, 0.1) is 0 Å². The van der Waals surface area contributed by atoms with Crippen LogP contribution in [0.25, 0.3) is 0 Å². The number of aliphatic hydroxyl groups is 1. The van der Waals surface area contributed by atoms with Crippen LogP contribution in [-0.4, -0.2) is 51.6 Å². The summed E-state index contributed by atoms with van der Waals surface area (Å²) in [7, 11) is 0. The Kier molecular flexibility index (Phi) is 4.83. The molecular formula is C14H16N2O2S. The average molecular weight is 276 g/mol. The van der Waals surface area contributed by atoms with Gasteiger partial charge in [-0.15, -0.1) is 0 Å². The highest BCUT2D eigenvalue weighted by Crippen LogP contribution is 2.19. The monoisotopic (exact) mass is 276 g/mol. The van der Waals surface area contributed by atoms with E-state index in [1.54, 1.807) is 18.3 Å². The zero-order valence-corrected chi connectivity index (χ0v) is 11.6. The van der Waals surface area contributed by atoms with Crippen molar-refractivity contribution in [2.24, 2.45) is 0 Å². The van der Waals surface area contributed by atoms with E-state index in [2.05, 4.69) is 23.7 Å². The van der Waals surface area contributed by atoms with E-state index < -0.39 is 0 Å². The molecule has 0 radical (unpaired) electrons. The lowest BCUT2D eigenvalue weighted by Gasteiger charge is -2.30. The zero-order valence-electron chi connectivity index (χ0n) is 10.8. The minimum Gasteiger partial charge on any atom is -0.384 e. The molecule has 1 atom stereocenters. The molecule has 1 fully saturated rings. The van der Waals surface area contributed by atoms with Gasteiger partial charge in [0, 0.05) is 35.9 Å². The minimum absolute atomic E-state index is 0.0196. The second-order valence-electron chi connectivity index (χ2n) is 4.32. The maximum atomic E-state index is 12.2. The number of carbonyl (C=O) groups is 1. The third kappa shape index (κ3) is 3.72. The SMILES string of the molecule is CC1CN(C(=O)c2ccc(C#CCO)cn2)CCS1. The Morgan fingerprint density at radius 3 is 3.11 bits per heavy atom. The molecule has 2 rings (SSSR count). The van der Waals surface area contributed by atoms with Gasteiger partial charge in [-0.05, 0) is 12.1 Å². The summed E-state index contributed by atoms with van der Waals surface area (Å²) in [5.74, 6) is 6.27. The number of thioether (sulfide) groups is 1. The van der Waals surface area contributed by atoms with E-state index in [0.29, 0.717) is 16.5 Å². The molecule has 1 aliphatic heterocycles. The van der Waals surface area contributed by atoms with E-state index in [-0.39, 0.29) is 12.5 Å².